The smallest absolute Gasteiger partial charge is 0.337 e. The van der Waals surface area contributed by atoms with Crippen LogP contribution in [0.5, 0.6) is 0 Å². The van der Waals surface area contributed by atoms with Crippen molar-refractivity contribution in [2.45, 2.75) is 19.8 Å². The van der Waals surface area contributed by atoms with Crippen molar-refractivity contribution in [1.29, 1.82) is 0 Å². The lowest BCUT2D eigenvalue weighted by Gasteiger charge is -2.03. The van der Waals surface area contributed by atoms with Crippen LogP contribution in [0.4, 0.5) is 0 Å². The third-order valence-electron chi connectivity index (χ3n) is 3.73. The molecule has 1 N–H and O–H groups in total. The zero-order valence-electron chi connectivity index (χ0n) is 12.7. The molecule has 0 aliphatic rings. The average molecular weight is 308 g/mol. The number of aromatic nitrogens is 2. The van der Waals surface area contributed by atoms with Gasteiger partial charge in [-0.05, 0) is 31.9 Å². The number of pyridine rings is 1. The van der Waals surface area contributed by atoms with Crippen molar-refractivity contribution in [2.75, 3.05) is 0 Å². The first-order chi connectivity index (χ1) is 11.1. The van der Waals surface area contributed by atoms with E-state index in [1.807, 2.05) is 37.3 Å². The van der Waals surface area contributed by atoms with E-state index < -0.39 is 5.97 Å². The summed E-state index contributed by atoms with van der Waals surface area (Å²) in [4.78, 5) is 15.0. The van der Waals surface area contributed by atoms with E-state index in [0.29, 0.717) is 6.42 Å². The molecule has 5 nitrogen and oxygen atoms in total. The van der Waals surface area contributed by atoms with Crippen LogP contribution in [0.2, 0.25) is 0 Å². The first kappa shape index (κ1) is 15.0. The Morgan fingerprint density at radius 3 is 2.57 bits per heavy atom. The van der Waals surface area contributed by atoms with Crippen LogP contribution in [-0.4, -0.2) is 21.2 Å². The quantitative estimate of drug-likeness (QED) is 0.780. The Labute approximate surface area is 133 Å². The SMILES string of the molecule is Cc1onc(-c2ccccc2)c1CCc1ccc(C(=O)O)cn1. The molecule has 0 saturated carbocycles. The molecule has 0 atom stereocenters. The molecule has 0 aliphatic carbocycles. The summed E-state index contributed by atoms with van der Waals surface area (Å²) in [6, 6.07) is 13.2. The first-order valence-electron chi connectivity index (χ1n) is 7.34. The van der Waals surface area contributed by atoms with Crippen molar-refractivity contribution in [1.82, 2.24) is 10.1 Å². The number of aryl methyl sites for hydroxylation is 2. The largest absolute Gasteiger partial charge is 0.478 e. The van der Waals surface area contributed by atoms with Crippen molar-refractivity contribution in [3.05, 3.63) is 71.2 Å². The highest BCUT2D eigenvalue weighted by atomic mass is 16.5. The summed E-state index contributed by atoms with van der Waals surface area (Å²) in [5, 5.41) is 13.1. The predicted molar refractivity (Wildman–Crippen MR) is 85.3 cm³/mol. The van der Waals surface area contributed by atoms with Crippen molar-refractivity contribution in [3.8, 4) is 11.3 Å². The van der Waals surface area contributed by atoms with Gasteiger partial charge in [-0.25, -0.2) is 4.79 Å². The minimum Gasteiger partial charge on any atom is -0.478 e. The number of carbonyl (C=O) groups is 1. The normalized spacial score (nSPS) is 10.7. The number of carboxylic acids is 1. The van der Waals surface area contributed by atoms with Gasteiger partial charge in [0, 0.05) is 23.0 Å². The highest BCUT2D eigenvalue weighted by Crippen LogP contribution is 2.26. The summed E-state index contributed by atoms with van der Waals surface area (Å²) in [7, 11) is 0. The van der Waals surface area contributed by atoms with Crippen LogP contribution < -0.4 is 0 Å². The third-order valence-corrected chi connectivity index (χ3v) is 3.73. The van der Waals surface area contributed by atoms with E-state index in [1.165, 1.54) is 6.20 Å². The number of rotatable bonds is 5. The lowest BCUT2D eigenvalue weighted by molar-refractivity contribution is 0.0696. The fourth-order valence-electron chi connectivity index (χ4n) is 2.46. The molecule has 23 heavy (non-hydrogen) atoms. The number of hydrogen-bond donors (Lipinski definition) is 1. The molecule has 0 unspecified atom stereocenters. The zero-order valence-corrected chi connectivity index (χ0v) is 12.7. The highest BCUT2D eigenvalue weighted by Gasteiger charge is 2.14. The second kappa shape index (κ2) is 6.44. The van der Waals surface area contributed by atoms with Gasteiger partial charge in [0.25, 0.3) is 0 Å². The Kier molecular flexibility index (Phi) is 4.19. The molecular formula is C18H16N2O3. The van der Waals surface area contributed by atoms with Gasteiger partial charge >= 0.3 is 5.97 Å². The molecule has 0 saturated heterocycles. The van der Waals surface area contributed by atoms with Crippen molar-refractivity contribution >= 4 is 5.97 Å². The second-order valence-electron chi connectivity index (χ2n) is 5.28. The van der Waals surface area contributed by atoms with Gasteiger partial charge in [0.05, 0.1) is 5.56 Å². The number of nitrogens with zero attached hydrogens (tertiary/aromatic N) is 2. The van der Waals surface area contributed by atoms with E-state index in [-0.39, 0.29) is 5.56 Å². The van der Waals surface area contributed by atoms with E-state index in [2.05, 4.69) is 10.1 Å². The molecule has 2 aromatic heterocycles. The minimum absolute atomic E-state index is 0.194. The van der Waals surface area contributed by atoms with Crippen LogP contribution in [0, 0.1) is 6.92 Å². The van der Waals surface area contributed by atoms with Crippen LogP contribution in [0.1, 0.15) is 27.4 Å². The number of carboxylic acid groups (broad SMARTS) is 1. The molecule has 0 spiro atoms. The Bertz CT molecular complexity index is 808. The van der Waals surface area contributed by atoms with Gasteiger partial charge in [-0.3, -0.25) is 4.98 Å². The Morgan fingerprint density at radius 1 is 1.13 bits per heavy atom. The van der Waals surface area contributed by atoms with E-state index in [1.54, 1.807) is 12.1 Å². The van der Waals surface area contributed by atoms with Crippen LogP contribution in [-0.2, 0) is 12.8 Å². The van der Waals surface area contributed by atoms with E-state index in [4.69, 9.17) is 9.63 Å². The fraction of sp³-hybridized carbons (Fsp3) is 0.167. The standard InChI is InChI=1S/C18H16N2O3/c1-12-16(17(20-23-12)13-5-3-2-4-6-13)10-9-15-8-7-14(11-19-15)18(21)22/h2-8,11H,9-10H2,1H3,(H,21,22). The summed E-state index contributed by atoms with van der Waals surface area (Å²) in [6.45, 7) is 1.90. The average Bonchev–Trinajstić information content (AvgIpc) is 2.95. The minimum atomic E-state index is -0.967. The highest BCUT2D eigenvalue weighted by molar-refractivity contribution is 5.87. The molecule has 0 fully saturated rings. The molecule has 116 valence electrons. The molecule has 3 aromatic rings. The molecule has 0 radical (unpaired) electrons. The lowest BCUT2D eigenvalue weighted by Crippen LogP contribution is -2.00. The maximum Gasteiger partial charge on any atom is 0.337 e. The molecule has 0 amide bonds. The zero-order chi connectivity index (χ0) is 16.2. The van der Waals surface area contributed by atoms with Gasteiger partial charge in [0.15, 0.2) is 0 Å². The molecule has 0 aliphatic heterocycles. The molecule has 1 aromatic carbocycles. The van der Waals surface area contributed by atoms with Gasteiger partial charge in [0.1, 0.15) is 11.5 Å². The Hall–Kier alpha value is -2.95. The molecular weight excluding hydrogens is 292 g/mol. The van der Waals surface area contributed by atoms with Gasteiger partial charge in [-0.15, -0.1) is 0 Å². The van der Waals surface area contributed by atoms with Crippen molar-refractivity contribution in [2.24, 2.45) is 0 Å². The van der Waals surface area contributed by atoms with Gasteiger partial charge in [0.2, 0.25) is 0 Å². The van der Waals surface area contributed by atoms with Crippen LogP contribution in [0.15, 0.2) is 53.2 Å². The summed E-state index contributed by atoms with van der Waals surface area (Å²) >= 11 is 0. The van der Waals surface area contributed by atoms with Crippen LogP contribution in [0.3, 0.4) is 0 Å². The first-order valence-corrected chi connectivity index (χ1v) is 7.34. The van der Waals surface area contributed by atoms with Crippen molar-refractivity contribution < 1.29 is 14.4 Å². The van der Waals surface area contributed by atoms with Gasteiger partial charge in [-0.2, -0.15) is 0 Å². The van der Waals surface area contributed by atoms with Crippen LogP contribution in [0.25, 0.3) is 11.3 Å². The molecule has 2 heterocycles. The summed E-state index contributed by atoms with van der Waals surface area (Å²) in [5.74, 6) is -0.170. The third kappa shape index (κ3) is 3.29. The van der Waals surface area contributed by atoms with E-state index >= 15 is 0 Å². The Balaban J connectivity index is 1.78. The molecule has 3 rings (SSSR count). The van der Waals surface area contributed by atoms with Crippen molar-refractivity contribution in [3.63, 3.8) is 0 Å². The van der Waals surface area contributed by atoms with Gasteiger partial charge < -0.3 is 9.63 Å². The topological polar surface area (TPSA) is 76.2 Å². The number of hydrogen-bond acceptors (Lipinski definition) is 4. The predicted octanol–water partition coefficient (Wildman–Crippen LogP) is 3.53. The lowest BCUT2D eigenvalue weighted by atomic mass is 10.0. The molecule has 0 bridgehead atoms. The van der Waals surface area contributed by atoms with E-state index in [9.17, 15) is 4.79 Å². The summed E-state index contributed by atoms with van der Waals surface area (Å²) in [6.07, 6.45) is 2.82. The number of benzene rings is 1. The van der Waals surface area contributed by atoms with E-state index in [0.717, 1.165) is 34.7 Å². The van der Waals surface area contributed by atoms with Crippen LogP contribution >= 0.6 is 0 Å². The summed E-state index contributed by atoms with van der Waals surface area (Å²) in [5.41, 5.74) is 3.97. The maximum absolute atomic E-state index is 10.8. The Morgan fingerprint density at radius 2 is 1.91 bits per heavy atom. The van der Waals surface area contributed by atoms with Gasteiger partial charge in [-0.1, -0.05) is 35.5 Å². The maximum atomic E-state index is 10.8. The summed E-state index contributed by atoms with van der Waals surface area (Å²) < 4.78 is 5.34. The fourth-order valence-corrected chi connectivity index (χ4v) is 2.46. The number of aromatic carboxylic acids is 1. The second-order valence-corrected chi connectivity index (χ2v) is 5.28. The molecule has 5 heteroatoms. The monoisotopic (exact) mass is 308 g/mol.